The van der Waals surface area contributed by atoms with Crippen molar-refractivity contribution in [3.63, 3.8) is 0 Å². The van der Waals surface area contributed by atoms with Gasteiger partial charge in [0, 0.05) is 12.1 Å². The maximum atomic E-state index is 10.8. The highest BCUT2D eigenvalue weighted by atomic mass is 16.6. The number of rotatable bonds is 5. The minimum Gasteiger partial charge on any atom is -0.377 e. The van der Waals surface area contributed by atoms with Crippen LogP contribution in [0, 0.1) is 16.0 Å². The zero-order valence-corrected chi connectivity index (χ0v) is 9.93. The summed E-state index contributed by atoms with van der Waals surface area (Å²) in [6.07, 6.45) is 0.992. The largest absolute Gasteiger partial charge is 0.377 e. The highest BCUT2D eigenvalue weighted by Crippen LogP contribution is 2.24. The van der Waals surface area contributed by atoms with Gasteiger partial charge < -0.3 is 5.32 Å². The molecule has 0 fully saturated rings. The molecular formula is C12H18N2O2. The number of anilines is 1. The lowest BCUT2D eigenvalue weighted by Gasteiger charge is -2.16. The van der Waals surface area contributed by atoms with Gasteiger partial charge in [-0.05, 0) is 25.3 Å². The maximum absolute atomic E-state index is 10.8. The van der Waals surface area contributed by atoms with Crippen LogP contribution >= 0.6 is 0 Å². The Morgan fingerprint density at radius 1 is 1.31 bits per heavy atom. The van der Waals surface area contributed by atoms with Crippen molar-refractivity contribution in [2.45, 2.75) is 33.2 Å². The molecule has 1 unspecified atom stereocenters. The van der Waals surface area contributed by atoms with Crippen molar-refractivity contribution in [1.82, 2.24) is 0 Å². The van der Waals surface area contributed by atoms with Crippen molar-refractivity contribution in [3.05, 3.63) is 34.4 Å². The predicted molar refractivity (Wildman–Crippen MR) is 65.6 cm³/mol. The first kappa shape index (κ1) is 12.5. The molecular weight excluding hydrogens is 204 g/mol. The number of nitrogens with zero attached hydrogens (tertiary/aromatic N) is 1. The molecule has 0 saturated heterocycles. The number of nitro groups is 1. The highest BCUT2D eigenvalue weighted by Gasteiger charge is 2.14. The Hall–Kier alpha value is -1.58. The molecule has 1 rings (SSSR count). The van der Waals surface area contributed by atoms with Crippen molar-refractivity contribution in [1.29, 1.82) is 0 Å². The Morgan fingerprint density at radius 2 is 1.94 bits per heavy atom. The van der Waals surface area contributed by atoms with Crippen molar-refractivity contribution >= 4 is 11.4 Å². The van der Waals surface area contributed by atoms with E-state index in [2.05, 4.69) is 19.2 Å². The third kappa shape index (κ3) is 3.53. The van der Waals surface area contributed by atoms with E-state index >= 15 is 0 Å². The number of nitro benzene ring substituents is 1. The Balaban J connectivity index is 2.76. The fourth-order valence-corrected chi connectivity index (χ4v) is 1.79. The first-order chi connectivity index (χ1) is 7.50. The molecule has 0 radical (unpaired) electrons. The molecule has 88 valence electrons. The van der Waals surface area contributed by atoms with Crippen LogP contribution in [0.3, 0.4) is 0 Å². The molecule has 4 nitrogen and oxygen atoms in total. The van der Waals surface area contributed by atoms with Crippen LogP contribution in [0.5, 0.6) is 0 Å². The Kier molecular flexibility index (Phi) is 4.28. The zero-order chi connectivity index (χ0) is 12.1. The summed E-state index contributed by atoms with van der Waals surface area (Å²) in [5.41, 5.74) is 0.735. The van der Waals surface area contributed by atoms with Gasteiger partial charge >= 0.3 is 0 Å². The molecule has 0 heterocycles. The zero-order valence-electron chi connectivity index (χ0n) is 9.93. The van der Waals surface area contributed by atoms with Crippen molar-refractivity contribution in [2.75, 3.05) is 5.32 Å². The smallest absolute Gasteiger partial charge is 0.292 e. The third-order valence-electron chi connectivity index (χ3n) is 2.33. The average Bonchev–Trinajstić information content (AvgIpc) is 2.16. The van der Waals surface area contributed by atoms with Gasteiger partial charge in [0.05, 0.1) is 4.92 Å². The van der Waals surface area contributed by atoms with Crippen LogP contribution in [0.2, 0.25) is 0 Å². The summed E-state index contributed by atoms with van der Waals surface area (Å²) < 4.78 is 0. The number of para-hydroxylation sites is 2. The molecule has 4 heteroatoms. The molecule has 1 N–H and O–H groups in total. The molecule has 1 aromatic rings. The molecule has 0 saturated carbocycles. The summed E-state index contributed by atoms with van der Waals surface area (Å²) >= 11 is 0. The van der Waals surface area contributed by atoms with Crippen molar-refractivity contribution in [3.8, 4) is 0 Å². The molecule has 0 amide bonds. The first-order valence-corrected chi connectivity index (χ1v) is 5.50. The highest BCUT2D eigenvalue weighted by molar-refractivity contribution is 5.61. The molecule has 1 atom stereocenters. The average molecular weight is 222 g/mol. The summed E-state index contributed by atoms with van der Waals surface area (Å²) in [5.74, 6) is 0.574. The fourth-order valence-electron chi connectivity index (χ4n) is 1.79. The Morgan fingerprint density at radius 3 is 2.50 bits per heavy atom. The van der Waals surface area contributed by atoms with E-state index < -0.39 is 0 Å². The van der Waals surface area contributed by atoms with E-state index in [1.54, 1.807) is 18.2 Å². The van der Waals surface area contributed by atoms with Crippen LogP contribution in [-0.2, 0) is 0 Å². The topological polar surface area (TPSA) is 55.2 Å². The van der Waals surface area contributed by atoms with Gasteiger partial charge in [-0.25, -0.2) is 0 Å². The van der Waals surface area contributed by atoms with E-state index in [-0.39, 0.29) is 16.7 Å². The lowest BCUT2D eigenvalue weighted by atomic mass is 10.0. The van der Waals surface area contributed by atoms with Crippen molar-refractivity contribution in [2.24, 2.45) is 5.92 Å². The van der Waals surface area contributed by atoms with Gasteiger partial charge in [-0.3, -0.25) is 10.1 Å². The number of hydrogen-bond donors (Lipinski definition) is 1. The van der Waals surface area contributed by atoms with Gasteiger partial charge in [0.2, 0.25) is 0 Å². The SMILES string of the molecule is CC(C)CC(C)Nc1ccccc1[N+](=O)[O-]. The summed E-state index contributed by atoms with van der Waals surface area (Å²) in [7, 11) is 0. The van der Waals surface area contributed by atoms with Crippen molar-refractivity contribution < 1.29 is 4.92 Å². The van der Waals surface area contributed by atoms with E-state index in [0.29, 0.717) is 11.6 Å². The monoisotopic (exact) mass is 222 g/mol. The van der Waals surface area contributed by atoms with Crippen LogP contribution < -0.4 is 5.32 Å². The molecule has 0 bridgehead atoms. The van der Waals surface area contributed by atoms with Gasteiger partial charge in [0.1, 0.15) is 5.69 Å². The second-order valence-corrected chi connectivity index (χ2v) is 4.45. The molecule has 16 heavy (non-hydrogen) atoms. The van der Waals surface area contributed by atoms with Crippen LogP contribution in [0.15, 0.2) is 24.3 Å². The van der Waals surface area contributed by atoms with Gasteiger partial charge in [-0.1, -0.05) is 26.0 Å². The maximum Gasteiger partial charge on any atom is 0.292 e. The molecule has 0 aliphatic rings. The minimum atomic E-state index is -0.357. The van der Waals surface area contributed by atoms with Crippen LogP contribution in [-0.4, -0.2) is 11.0 Å². The van der Waals surface area contributed by atoms with Crippen LogP contribution in [0.25, 0.3) is 0 Å². The van der Waals surface area contributed by atoms with E-state index in [9.17, 15) is 10.1 Å². The number of nitrogens with one attached hydrogen (secondary N) is 1. The molecule has 1 aromatic carbocycles. The fraction of sp³-hybridized carbons (Fsp3) is 0.500. The van der Waals surface area contributed by atoms with E-state index in [1.807, 2.05) is 6.92 Å². The van der Waals surface area contributed by atoms with Gasteiger partial charge in [-0.15, -0.1) is 0 Å². The molecule has 0 aliphatic carbocycles. The Bertz CT molecular complexity index is 364. The summed E-state index contributed by atoms with van der Waals surface area (Å²) in [4.78, 5) is 10.4. The predicted octanol–water partition coefficient (Wildman–Crippen LogP) is 3.44. The summed E-state index contributed by atoms with van der Waals surface area (Å²) in [5, 5.41) is 14.0. The van der Waals surface area contributed by atoms with E-state index in [4.69, 9.17) is 0 Å². The minimum absolute atomic E-state index is 0.137. The quantitative estimate of drug-likeness (QED) is 0.613. The normalized spacial score (nSPS) is 12.5. The van der Waals surface area contributed by atoms with Gasteiger partial charge in [0.25, 0.3) is 5.69 Å². The number of hydrogen-bond acceptors (Lipinski definition) is 3. The first-order valence-electron chi connectivity index (χ1n) is 5.50. The van der Waals surface area contributed by atoms with Crippen LogP contribution in [0.4, 0.5) is 11.4 Å². The summed E-state index contributed by atoms with van der Waals surface area (Å²) in [6, 6.07) is 6.98. The molecule has 0 aliphatic heterocycles. The number of benzene rings is 1. The van der Waals surface area contributed by atoms with E-state index in [0.717, 1.165) is 6.42 Å². The lowest BCUT2D eigenvalue weighted by molar-refractivity contribution is -0.384. The summed E-state index contributed by atoms with van der Waals surface area (Å²) in [6.45, 7) is 6.31. The van der Waals surface area contributed by atoms with Crippen LogP contribution in [0.1, 0.15) is 27.2 Å². The third-order valence-corrected chi connectivity index (χ3v) is 2.33. The van der Waals surface area contributed by atoms with E-state index in [1.165, 1.54) is 6.07 Å². The molecule has 0 spiro atoms. The van der Waals surface area contributed by atoms with Gasteiger partial charge in [-0.2, -0.15) is 0 Å². The second-order valence-electron chi connectivity index (χ2n) is 4.45. The lowest BCUT2D eigenvalue weighted by Crippen LogP contribution is -2.18. The Labute approximate surface area is 95.8 Å². The van der Waals surface area contributed by atoms with Gasteiger partial charge in [0.15, 0.2) is 0 Å². The standard InChI is InChI=1S/C12H18N2O2/c1-9(2)8-10(3)13-11-6-4-5-7-12(11)14(15)16/h4-7,9-10,13H,8H2,1-3H3. The molecule has 0 aromatic heterocycles. The second kappa shape index (κ2) is 5.49.